The van der Waals surface area contributed by atoms with Crippen LogP contribution in [0.25, 0.3) is 0 Å². The molecule has 2 saturated heterocycles. The molecule has 7 aliphatic rings. The summed E-state index contributed by atoms with van der Waals surface area (Å²) in [5.74, 6) is -0.962. The average Bonchev–Trinajstić information content (AvgIpc) is 4.04. The van der Waals surface area contributed by atoms with Crippen molar-refractivity contribution in [2.24, 2.45) is 28.6 Å². The van der Waals surface area contributed by atoms with E-state index in [1.807, 2.05) is 20.8 Å². The van der Waals surface area contributed by atoms with Gasteiger partial charge in [0.05, 0.1) is 30.7 Å². The Labute approximate surface area is 368 Å². The molecule has 2 bridgehead atoms. The SMILES string of the molecule is CCCCOCCC[C@H](CC)[C@H](NC(=O)[C@@H]1C[C@@H](OC(=O)N2Cc3cccc(F)c3C2)CN1C(=O)[C@@H](NC(=O)OC1CCCC1)C(C)(C)C)B1O[C@@H]2C[C@@H]3C[C@@H](C3(C)C)[C@]2(C)O1. The Bertz CT molecular complexity index is 1790. The molecule has 3 heterocycles. The van der Waals surface area contributed by atoms with Crippen molar-refractivity contribution in [3.8, 4) is 0 Å². The van der Waals surface area contributed by atoms with Crippen molar-refractivity contribution in [3.05, 3.63) is 35.1 Å². The van der Waals surface area contributed by atoms with E-state index >= 15 is 4.79 Å². The first kappa shape index (κ1) is 46.6. The number of ether oxygens (including phenoxy) is 3. The van der Waals surface area contributed by atoms with E-state index in [2.05, 4.69) is 45.3 Å². The summed E-state index contributed by atoms with van der Waals surface area (Å²) in [6.07, 6.45) is 7.41. The highest BCUT2D eigenvalue weighted by Gasteiger charge is 2.69. The van der Waals surface area contributed by atoms with Crippen molar-refractivity contribution in [1.29, 1.82) is 0 Å². The Morgan fingerprint density at radius 2 is 1.71 bits per heavy atom. The van der Waals surface area contributed by atoms with Crippen LogP contribution in [0.4, 0.5) is 14.0 Å². The third-order valence-electron chi connectivity index (χ3n) is 15.4. The molecule has 0 radical (unpaired) electrons. The lowest BCUT2D eigenvalue weighted by atomic mass is 9.43. The van der Waals surface area contributed by atoms with Crippen LogP contribution < -0.4 is 10.6 Å². The molecule has 4 amide bonds. The van der Waals surface area contributed by atoms with Gasteiger partial charge in [0.2, 0.25) is 11.8 Å². The van der Waals surface area contributed by atoms with Gasteiger partial charge in [0.25, 0.3) is 0 Å². The Kier molecular flexibility index (Phi) is 14.2. The van der Waals surface area contributed by atoms with Gasteiger partial charge in [0.1, 0.15) is 30.1 Å². The molecule has 0 unspecified atom stereocenters. The molecular formula is C47H72BFN4O9. The normalized spacial score (nSPS) is 29.0. The molecule has 344 valence electrons. The molecule has 9 atom stereocenters. The molecule has 13 nitrogen and oxygen atoms in total. The van der Waals surface area contributed by atoms with Crippen LogP contribution in [0.5, 0.6) is 0 Å². The minimum absolute atomic E-state index is 0.0291. The average molecular weight is 867 g/mol. The van der Waals surface area contributed by atoms with Crippen LogP contribution in [0, 0.1) is 34.4 Å². The van der Waals surface area contributed by atoms with Gasteiger partial charge in [-0.05, 0) is 105 Å². The van der Waals surface area contributed by atoms with Crippen LogP contribution in [0.2, 0.25) is 0 Å². The lowest BCUT2D eigenvalue weighted by molar-refractivity contribution is -0.199. The van der Waals surface area contributed by atoms with Gasteiger partial charge in [0, 0.05) is 31.7 Å². The monoisotopic (exact) mass is 867 g/mol. The number of amides is 4. The fourth-order valence-electron chi connectivity index (χ4n) is 11.4. The highest BCUT2D eigenvalue weighted by Crippen LogP contribution is 2.66. The molecule has 6 fully saturated rings. The lowest BCUT2D eigenvalue weighted by Gasteiger charge is -2.64. The number of halogens is 1. The van der Waals surface area contributed by atoms with E-state index in [0.717, 1.165) is 70.6 Å². The second kappa shape index (κ2) is 19.0. The maximum atomic E-state index is 15.0. The number of alkyl carbamates (subject to hydrolysis) is 1. The number of nitrogens with one attached hydrogen (secondary N) is 2. The summed E-state index contributed by atoms with van der Waals surface area (Å²) < 4.78 is 46.2. The fraction of sp³-hybridized carbons (Fsp3) is 0.787. The number of hydrogen-bond acceptors (Lipinski definition) is 9. The number of hydrogen-bond donors (Lipinski definition) is 2. The first-order valence-corrected chi connectivity index (χ1v) is 23.6. The largest absolute Gasteiger partial charge is 0.481 e. The van der Waals surface area contributed by atoms with Crippen LogP contribution in [-0.2, 0) is 46.2 Å². The maximum Gasteiger partial charge on any atom is 0.481 e. The molecule has 0 spiro atoms. The number of fused-ring (bicyclic) bond motifs is 1. The first-order chi connectivity index (χ1) is 29.4. The minimum Gasteiger partial charge on any atom is -0.446 e. The topological polar surface area (TPSA) is 145 Å². The number of likely N-dealkylation sites (tertiary alicyclic amines) is 1. The summed E-state index contributed by atoms with van der Waals surface area (Å²) in [4.78, 5) is 59.8. The van der Waals surface area contributed by atoms with Crippen molar-refractivity contribution in [2.45, 2.75) is 187 Å². The van der Waals surface area contributed by atoms with E-state index in [-0.39, 0.29) is 55.4 Å². The van der Waals surface area contributed by atoms with Gasteiger partial charge < -0.3 is 39.1 Å². The van der Waals surface area contributed by atoms with Crippen LogP contribution in [0.1, 0.15) is 144 Å². The molecule has 3 aliphatic heterocycles. The summed E-state index contributed by atoms with van der Waals surface area (Å²) in [6, 6.07) is 2.68. The molecule has 62 heavy (non-hydrogen) atoms. The fourth-order valence-corrected chi connectivity index (χ4v) is 11.4. The molecule has 1 aromatic rings. The molecule has 4 aliphatic carbocycles. The highest BCUT2D eigenvalue weighted by atomic mass is 19.1. The molecule has 0 aromatic heterocycles. The molecular weight excluding hydrogens is 794 g/mol. The van der Waals surface area contributed by atoms with Crippen LogP contribution in [-0.4, -0.2) is 103 Å². The van der Waals surface area contributed by atoms with Gasteiger partial charge in [-0.2, -0.15) is 0 Å². The summed E-state index contributed by atoms with van der Waals surface area (Å²) in [5, 5.41) is 6.21. The van der Waals surface area contributed by atoms with Crippen molar-refractivity contribution in [3.63, 3.8) is 0 Å². The zero-order valence-electron chi connectivity index (χ0n) is 38.5. The molecule has 2 N–H and O–H groups in total. The number of carbonyl (C=O) groups is 4. The first-order valence-electron chi connectivity index (χ1n) is 23.6. The zero-order chi connectivity index (χ0) is 44.6. The van der Waals surface area contributed by atoms with E-state index in [4.69, 9.17) is 23.5 Å². The van der Waals surface area contributed by atoms with E-state index in [1.165, 1.54) is 15.9 Å². The second-order valence-corrected chi connectivity index (χ2v) is 20.9. The second-order valence-electron chi connectivity index (χ2n) is 20.9. The Balaban J connectivity index is 1.13. The smallest absolute Gasteiger partial charge is 0.446 e. The van der Waals surface area contributed by atoms with E-state index < -0.39 is 66.3 Å². The number of unbranched alkanes of at least 4 members (excludes halogenated alkanes) is 1. The van der Waals surface area contributed by atoms with Gasteiger partial charge >= 0.3 is 19.3 Å². The van der Waals surface area contributed by atoms with Gasteiger partial charge in [-0.25, -0.2) is 14.0 Å². The van der Waals surface area contributed by atoms with Crippen molar-refractivity contribution in [2.75, 3.05) is 19.8 Å². The summed E-state index contributed by atoms with van der Waals surface area (Å²) in [5.41, 5.74) is 0.0171. The predicted octanol–water partition coefficient (Wildman–Crippen LogP) is 7.71. The molecule has 1 aromatic carbocycles. The van der Waals surface area contributed by atoms with Crippen molar-refractivity contribution in [1.82, 2.24) is 20.4 Å². The molecule has 8 rings (SSSR count). The van der Waals surface area contributed by atoms with Gasteiger partial charge in [-0.1, -0.05) is 73.4 Å². The minimum atomic E-state index is -1.05. The third kappa shape index (κ3) is 9.65. The number of rotatable bonds is 16. The molecule has 4 saturated carbocycles. The van der Waals surface area contributed by atoms with Crippen molar-refractivity contribution >= 4 is 31.1 Å². The predicted molar refractivity (Wildman–Crippen MR) is 232 cm³/mol. The van der Waals surface area contributed by atoms with Gasteiger partial charge in [-0.15, -0.1) is 0 Å². The number of benzene rings is 1. The lowest BCUT2D eigenvalue weighted by Crippen LogP contribution is -2.65. The highest BCUT2D eigenvalue weighted by molar-refractivity contribution is 6.48. The molecule has 15 heteroatoms. The summed E-state index contributed by atoms with van der Waals surface area (Å²) in [7, 11) is -0.708. The number of nitrogens with zero attached hydrogens (tertiary/aromatic N) is 2. The Morgan fingerprint density at radius 3 is 2.39 bits per heavy atom. The Hall–Kier alpha value is -3.43. The summed E-state index contributed by atoms with van der Waals surface area (Å²) >= 11 is 0. The standard InChI is InChI=1S/C47H72BFN4O9/c1-9-11-21-58-22-15-17-29(10-2)40(48-61-38-24-31-23-37(46(31,6)7)47(38,8)62-48)51-41(54)36-25-33(60-44(57)52-26-30-16-14-20-35(49)34(30)28-52)27-53(36)42(55)39(45(3,4)5)50-43(56)59-32-18-12-13-19-32/h14,16,20,29,31-33,36-40H,9-13,15,17-19,21-28H2,1-8H3,(H,50,56)(H,51,54)/t29-,31-,33+,36-,37-,38+,39+,40-,47-/m0/s1. The zero-order valence-corrected chi connectivity index (χ0v) is 38.5. The van der Waals surface area contributed by atoms with Crippen molar-refractivity contribution < 1.29 is 47.1 Å². The van der Waals surface area contributed by atoms with Crippen LogP contribution >= 0.6 is 0 Å². The number of carbonyl (C=O) groups excluding carboxylic acids is 4. The summed E-state index contributed by atoms with van der Waals surface area (Å²) in [6.45, 7) is 18.1. The van der Waals surface area contributed by atoms with E-state index in [9.17, 15) is 18.8 Å². The van der Waals surface area contributed by atoms with E-state index in [1.54, 1.807) is 12.1 Å². The third-order valence-corrected chi connectivity index (χ3v) is 15.4. The van der Waals surface area contributed by atoms with E-state index in [0.29, 0.717) is 36.2 Å². The quantitative estimate of drug-likeness (QED) is 0.126. The maximum absolute atomic E-state index is 15.0. The van der Waals surface area contributed by atoms with Crippen LogP contribution in [0.15, 0.2) is 18.2 Å². The Morgan fingerprint density at radius 1 is 0.968 bits per heavy atom. The van der Waals surface area contributed by atoms with Gasteiger partial charge in [-0.3, -0.25) is 14.5 Å². The van der Waals surface area contributed by atoms with Crippen LogP contribution in [0.3, 0.4) is 0 Å². The van der Waals surface area contributed by atoms with Gasteiger partial charge in [0.15, 0.2) is 0 Å².